The summed E-state index contributed by atoms with van der Waals surface area (Å²) in [6.07, 6.45) is 0. The van der Waals surface area contributed by atoms with Gasteiger partial charge in [-0.2, -0.15) is 0 Å². The van der Waals surface area contributed by atoms with Crippen LogP contribution in [0.4, 0.5) is 0 Å². The van der Waals surface area contributed by atoms with Gasteiger partial charge in [-0.25, -0.2) is 0 Å². The first-order chi connectivity index (χ1) is 4.66. The second kappa shape index (κ2) is 1.72. The number of hydrogen-bond donors (Lipinski definition) is 2. The minimum absolute atomic E-state index is 0.0260. The number of β-amino-alcohol motifs (C(OH)–C–C–N with tert-alkyl or cyclic N) is 1. The quantitative estimate of drug-likeness (QED) is 0.513. The lowest BCUT2D eigenvalue weighted by Gasteiger charge is -2.55. The SMILES string of the molecule is CC1(C2(O)CNC2)COC1. The molecule has 0 aromatic heterocycles. The standard InChI is InChI=1S/C7H13NO2/c1-6(4-10-5-6)7(9)2-8-3-7/h8-9H,2-5H2,1H3. The van der Waals surface area contributed by atoms with E-state index in [1.165, 1.54) is 0 Å². The second-order valence-electron chi connectivity index (χ2n) is 3.69. The first-order valence-corrected chi connectivity index (χ1v) is 3.67. The summed E-state index contributed by atoms with van der Waals surface area (Å²) in [4.78, 5) is 0. The summed E-state index contributed by atoms with van der Waals surface area (Å²) in [5.41, 5.74) is -0.455. The lowest BCUT2D eigenvalue weighted by atomic mass is 9.68. The van der Waals surface area contributed by atoms with E-state index in [9.17, 15) is 5.11 Å². The summed E-state index contributed by atoms with van der Waals surface area (Å²) in [5, 5.41) is 12.9. The predicted octanol–water partition coefficient (Wildman–Crippen LogP) is -0.643. The van der Waals surface area contributed by atoms with Gasteiger partial charge in [0.1, 0.15) is 0 Å². The van der Waals surface area contributed by atoms with Gasteiger partial charge < -0.3 is 15.2 Å². The van der Waals surface area contributed by atoms with Crippen LogP contribution in [0.25, 0.3) is 0 Å². The van der Waals surface area contributed by atoms with Crippen LogP contribution in [0.15, 0.2) is 0 Å². The smallest absolute Gasteiger partial charge is 0.0992 e. The Labute approximate surface area is 60.4 Å². The zero-order chi connectivity index (χ0) is 7.24. The molecule has 0 saturated carbocycles. The van der Waals surface area contributed by atoms with Gasteiger partial charge in [0.05, 0.1) is 18.8 Å². The first-order valence-electron chi connectivity index (χ1n) is 3.67. The Morgan fingerprint density at radius 3 is 2.10 bits per heavy atom. The molecule has 0 aliphatic carbocycles. The van der Waals surface area contributed by atoms with E-state index in [1.807, 2.05) is 0 Å². The maximum Gasteiger partial charge on any atom is 0.0992 e. The third-order valence-corrected chi connectivity index (χ3v) is 2.80. The monoisotopic (exact) mass is 143 g/mol. The normalized spacial score (nSPS) is 34.2. The van der Waals surface area contributed by atoms with Gasteiger partial charge in [0.25, 0.3) is 0 Å². The highest BCUT2D eigenvalue weighted by Gasteiger charge is 2.55. The van der Waals surface area contributed by atoms with Gasteiger partial charge in [-0.15, -0.1) is 0 Å². The van der Waals surface area contributed by atoms with Crippen molar-refractivity contribution in [3.63, 3.8) is 0 Å². The Kier molecular flexibility index (Phi) is 1.14. The zero-order valence-electron chi connectivity index (χ0n) is 6.18. The van der Waals surface area contributed by atoms with E-state index in [-0.39, 0.29) is 5.41 Å². The molecule has 3 heteroatoms. The molecule has 10 heavy (non-hydrogen) atoms. The summed E-state index contributed by atoms with van der Waals surface area (Å²) in [5.74, 6) is 0. The van der Waals surface area contributed by atoms with Crippen molar-refractivity contribution < 1.29 is 9.84 Å². The van der Waals surface area contributed by atoms with Crippen molar-refractivity contribution in [2.45, 2.75) is 12.5 Å². The van der Waals surface area contributed by atoms with Crippen molar-refractivity contribution in [2.24, 2.45) is 5.41 Å². The van der Waals surface area contributed by atoms with E-state index in [4.69, 9.17) is 4.74 Å². The maximum absolute atomic E-state index is 9.85. The highest BCUT2D eigenvalue weighted by atomic mass is 16.5. The molecule has 0 amide bonds. The van der Waals surface area contributed by atoms with Crippen LogP contribution in [0.1, 0.15) is 6.92 Å². The van der Waals surface area contributed by atoms with E-state index >= 15 is 0 Å². The van der Waals surface area contributed by atoms with Gasteiger partial charge in [-0.1, -0.05) is 6.92 Å². The topological polar surface area (TPSA) is 41.5 Å². The molecule has 0 bridgehead atoms. The Morgan fingerprint density at radius 1 is 1.40 bits per heavy atom. The average Bonchev–Trinajstić information content (AvgIpc) is 1.77. The van der Waals surface area contributed by atoms with Crippen LogP contribution < -0.4 is 5.32 Å². The highest BCUT2D eigenvalue weighted by Crippen LogP contribution is 2.40. The zero-order valence-corrected chi connectivity index (χ0v) is 6.18. The molecular weight excluding hydrogens is 130 g/mol. The molecule has 0 aromatic carbocycles. The second-order valence-corrected chi connectivity index (χ2v) is 3.69. The fourth-order valence-electron chi connectivity index (χ4n) is 1.47. The molecule has 2 aliphatic rings. The molecule has 2 aliphatic heterocycles. The molecule has 2 saturated heterocycles. The summed E-state index contributed by atoms with van der Waals surface area (Å²) in [6.45, 7) is 4.97. The lowest BCUT2D eigenvalue weighted by Crippen LogP contribution is -2.72. The average molecular weight is 143 g/mol. The summed E-state index contributed by atoms with van der Waals surface area (Å²) in [6, 6.07) is 0. The van der Waals surface area contributed by atoms with Gasteiger partial charge >= 0.3 is 0 Å². The van der Waals surface area contributed by atoms with E-state index < -0.39 is 5.60 Å². The molecule has 2 N–H and O–H groups in total. The first kappa shape index (κ1) is 6.58. The molecule has 0 radical (unpaired) electrons. The van der Waals surface area contributed by atoms with Gasteiger partial charge in [0, 0.05) is 18.5 Å². The molecule has 0 unspecified atom stereocenters. The Bertz CT molecular complexity index is 132. The largest absolute Gasteiger partial charge is 0.386 e. The number of hydrogen-bond acceptors (Lipinski definition) is 3. The molecule has 0 spiro atoms. The fourth-order valence-corrected chi connectivity index (χ4v) is 1.47. The minimum Gasteiger partial charge on any atom is -0.386 e. The van der Waals surface area contributed by atoms with Crippen LogP contribution in [0.5, 0.6) is 0 Å². The number of rotatable bonds is 1. The van der Waals surface area contributed by atoms with E-state index in [2.05, 4.69) is 12.2 Å². The van der Waals surface area contributed by atoms with Crippen LogP contribution in [0.3, 0.4) is 0 Å². The lowest BCUT2D eigenvalue weighted by molar-refractivity contribution is -0.228. The van der Waals surface area contributed by atoms with E-state index in [0.717, 1.165) is 13.1 Å². The predicted molar refractivity (Wildman–Crippen MR) is 36.7 cm³/mol. The summed E-state index contributed by atoms with van der Waals surface area (Å²) >= 11 is 0. The van der Waals surface area contributed by atoms with Crippen molar-refractivity contribution in [1.82, 2.24) is 5.32 Å². The maximum atomic E-state index is 9.85. The summed E-state index contributed by atoms with van der Waals surface area (Å²) in [7, 11) is 0. The van der Waals surface area contributed by atoms with Crippen molar-refractivity contribution in [3.05, 3.63) is 0 Å². The van der Waals surface area contributed by atoms with Crippen LogP contribution >= 0.6 is 0 Å². The summed E-state index contributed by atoms with van der Waals surface area (Å²) < 4.78 is 5.07. The molecule has 2 rings (SSSR count). The molecular formula is C7H13NO2. The Hall–Kier alpha value is -0.120. The van der Waals surface area contributed by atoms with Crippen molar-refractivity contribution >= 4 is 0 Å². The Morgan fingerprint density at radius 2 is 2.00 bits per heavy atom. The molecule has 3 nitrogen and oxygen atoms in total. The highest BCUT2D eigenvalue weighted by molar-refractivity contribution is 5.07. The Balaban J connectivity index is 2.08. The molecule has 2 heterocycles. The van der Waals surface area contributed by atoms with Crippen LogP contribution in [-0.2, 0) is 4.74 Å². The van der Waals surface area contributed by atoms with Gasteiger partial charge in [-0.3, -0.25) is 0 Å². The molecule has 0 atom stereocenters. The van der Waals surface area contributed by atoms with Gasteiger partial charge in [0.15, 0.2) is 0 Å². The fraction of sp³-hybridized carbons (Fsp3) is 1.00. The van der Waals surface area contributed by atoms with Gasteiger partial charge in [0.2, 0.25) is 0 Å². The van der Waals surface area contributed by atoms with Crippen LogP contribution in [-0.4, -0.2) is 37.0 Å². The van der Waals surface area contributed by atoms with E-state index in [0.29, 0.717) is 13.2 Å². The third-order valence-electron chi connectivity index (χ3n) is 2.80. The van der Waals surface area contributed by atoms with Crippen LogP contribution in [0.2, 0.25) is 0 Å². The van der Waals surface area contributed by atoms with Gasteiger partial charge in [-0.05, 0) is 0 Å². The number of aliphatic hydroxyl groups is 1. The third kappa shape index (κ3) is 0.603. The van der Waals surface area contributed by atoms with E-state index in [1.54, 1.807) is 0 Å². The minimum atomic E-state index is -0.481. The molecule has 0 aromatic rings. The number of ether oxygens (including phenoxy) is 1. The molecule has 2 fully saturated rings. The van der Waals surface area contributed by atoms with Crippen LogP contribution in [0, 0.1) is 5.41 Å². The van der Waals surface area contributed by atoms with Crippen molar-refractivity contribution in [2.75, 3.05) is 26.3 Å². The molecule has 58 valence electrons. The van der Waals surface area contributed by atoms with Crippen molar-refractivity contribution in [1.29, 1.82) is 0 Å². The number of nitrogens with one attached hydrogen (secondary N) is 1. The van der Waals surface area contributed by atoms with Crippen molar-refractivity contribution in [3.8, 4) is 0 Å².